The number of carbonyl (C=O) groups excluding carboxylic acids is 3. The summed E-state index contributed by atoms with van der Waals surface area (Å²) in [6.07, 6.45) is 0.265. The molecule has 3 rings (SSSR count). The number of anilines is 2. The number of alkyl halides is 2. The largest absolute Gasteiger partial charge is 0.433 e. The van der Waals surface area contributed by atoms with Crippen LogP contribution in [0.5, 0.6) is 5.75 Å². The molecule has 0 saturated carbocycles. The molecule has 1 N–H and O–H groups in total. The van der Waals surface area contributed by atoms with Crippen molar-refractivity contribution in [1.29, 1.82) is 0 Å². The summed E-state index contributed by atoms with van der Waals surface area (Å²) >= 11 is 0. The van der Waals surface area contributed by atoms with Crippen LogP contribution < -0.4 is 15.0 Å². The standard InChI is InChI=1S/C18H14F2N2O4/c19-18(20)26-14-7-2-1-6-13(14)21-17(25)11-4-3-5-12(10-11)22-15(23)8-9-16(22)24/h1-7,10,18H,8-9H2,(H,21,25). The van der Waals surface area contributed by atoms with Gasteiger partial charge in [-0.2, -0.15) is 8.78 Å². The van der Waals surface area contributed by atoms with Gasteiger partial charge in [0.25, 0.3) is 5.91 Å². The van der Waals surface area contributed by atoms with E-state index in [-0.39, 0.29) is 41.7 Å². The molecular formula is C18H14F2N2O4. The van der Waals surface area contributed by atoms with Gasteiger partial charge in [0.2, 0.25) is 11.8 Å². The molecular weight excluding hydrogens is 346 g/mol. The van der Waals surface area contributed by atoms with Gasteiger partial charge >= 0.3 is 6.61 Å². The number of hydrogen-bond donors (Lipinski definition) is 1. The predicted molar refractivity (Wildman–Crippen MR) is 89.2 cm³/mol. The van der Waals surface area contributed by atoms with Crippen LogP contribution in [0.15, 0.2) is 48.5 Å². The first kappa shape index (κ1) is 17.5. The van der Waals surface area contributed by atoms with Crippen LogP contribution in [-0.4, -0.2) is 24.3 Å². The van der Waals surface area contributed by atoms with Crippen LogP contribution in [-0.2, 0) is 9.59 Å². The van der Waals surface area contributed by atoms with E-state index < -0.39 is 12.5 Å². The van der Waals surface area contributed by atoms with Crippen LogP contribution in [0.4, 0.5) is 20.2 Å². The molecule has 1 fully saturated rings. The molecule has 8 heteroatoms. The number of nitrogens with one attached hydrogen (secondary N) is 1. The second-order valence-electron chi connectivity index (χ2n) is 5.50. The average Bonchev–Trinajstić information content (AvgIpc) is 2.95. The third-order valence-electron chi connectivity index (χ3n) is 3.77. The number of rotatable bonds is 5. The molecule has 0 spiro atoms. The molecule has 1 saturated heterocycles. The van der Waals surface area contributed by atoms with Gasteiger partial charge in [0, 0.05) is 18.4 Å². The summed E-state index contributed by atoms with van der Waals surface area (Å²) in [7, 11) is 0. The van der Waals surface area contributed by atoms with Crippen molar-refractivity contribution in [3.05, 3.63) is 54.1 Å². The van der Waals surface area contributed by atoms with Crippen LogP contribution in [0.2, 0.25) is 0 Å². The normalized spacial score (nSPS) is 14.0. The summed E-state index contributed by atoms with van der Waals surface area (Å²) in [5.74, 6) is -1.42. The number of amides is 3. The number of benzene rings is 2. The SMILES string of the molecule is O=C(Nc1ccccc1OC(F)F)c1cccc(N2C(=O)CCC2=O)c1. The first-order valence-electron chi connectivity index (χ1n) is 7.77. The maximum Gasteiger partial charge on any atom is 0.387 e. The fourth-order valence-electron chi connectivity index (χ4n) is 2.61. The molecule has 0 aromatic heterocycles. The van der Waals surface area contributed by atoms with Gasteiger partial charge in [0.15, 0.2) is 0 Å². The molecule has 0 aliphatic carbocycles. The van der Waals surface area contributed by atoms with Gasteiger partial charge in [-0.1, -0.05) is 18.2 Å². The lowest BCUT2D eigenvalue weighted by Gasteiger charge is -2.15. The van der Waals surface area contributed by atoms with Crippen molar-refractivity contribution in [2.75, 3.05) is 10.2 Å². The predicted octanol–water partition coefficient (Wildman–Crippen LogP) is 3.19. The molecule has 3 amide bonds. The lowest BCUT2D eigenvalue weighted by molar-refractivity contribution is -0.121. The van der Waals surface area contributed by atoms with E-state index in [1.54, 1.807) is 12.1 Å². The Morgan fingerprint density at radius 2 is 1.73 bits per heavy atom. The van der Waals surface area contributed by atoms with Crippen molar-refractivity contribution >= 4 is 29.1 Å². The Bertz CT molecular complexity index is 854. The zero-order valence-electron chi connectivity index (χ0n) is 13.4. The van der Waals surface area contributed by atoms with Gasteiger partial charge in [-0.05, 0) is 30.3 Å². The summed E-state index contributed by atoms with van der Waals surface area (Å²) < 4.78 is 29.3. The number of hydrogen-bond acceptors (Lipinski definition) is 4. The third-order valence-corrected chi connectivity index (χ3v) is 3.77. The zero-order valence-corrected chi connectivity index (χ0v) is 13.4. The zero-order chi connectivity index (χ0) is 18.7. The highest BCUT2D eigenvalue weighted by Gasteiger charge is 2.30. The highest BCUT2D eigenvalue weighted by molar-refractivity contribution is 6.20. The number of ether oxygens (including phenoxy) is 1. The van der Waals surface area contributed by atoms with Crippen molar-refractivity contribution in [2.45, 2.75) is 19.5 Å². The number of carbonyl (C=O) groups is 3. The lowest BCUT2D eigenvalue weighted by Crippen LogP contribution is -2.28. The quantitative estimate of drug-likeness (QED) is 0.831. The summed E-state index contributed by atoms with van der Waals surface area (Å²) in [6, 6.07) is 11.8. The van der Waals surface area contributed by atoms with Gasteiger partial charge in [-0.3, -0.25) is 19.3 Å². The van der Waals surface area contributed by atoms with Gasteiger partial charge in [0.1, 0.15) is 5.75 Å². The topological polar surface area (TPSA) is 75.7 Å². The molecule has 134 valence electrons. The first-order valence-corrected chi connectivity index (χ1v) is 7.77. The van der Waals surface area contributed by atoms with Crippen molar-refractivity contribution in [2.24, 2.45) is 0 Å². The van der Waals surface area contributed by atoms with Gasteiger partial charge in [0.05, 0.1) is 11.4 Å². The molecule has 1 aliphatic rings. The minimum Gasteiger partial charge on any atom is -0.433 e. The number of para-hydroxylation sites is 2. The van der Waals surface area contributed by atoms with E-state index >= 15 is 0 Å². The van der Waals surface area contributed by atoms with E-state index in [0.29, 0.717) is 5.69 Å². The van der Waals surface area contributed by atoms with Crippen molar-refractivity contribution in [3.8, 4) is 5.75 Å². The molecule has 1 heterocycles. The number of halogens is 2. The third kappa shape index (κ3) is 3.69. The maximum atomic E-state index is 12.5. The Balaban J connectivity index is 1.82. The monoisotopic (exact) mass is 360 g/mol. The van der Waals surface area contributed by atoms with Crippen molar-refractivity contribution in [1.82, 2.24) is 0 Å². The molecule has 6 nitrogen and oxygen atoms in total. The molecule has 0 bridgehead atoms. The minimum absolute atomic E-state index is 0.0801. The molecule has 0 radical (unpaired) electrons. The Labute approximate surface area is 147 Å². The first-order chi connectivity index (χ1) is 12.5. The van der Waals surface area contributed by atoms with Crippen LogP contribution in [0.3, 0.4) is 0 Å². The summed E-state index contributed by atoms with van der Waals surface area (Å²) in [4.78, 5) is 37.1. The van der Waals surface area contributed by atoms with Gasteiger partial charge in [-0.15, -0.1) is 0 Å². The Morgan fingerprint density at radius 1 is 1.04 bits per heavy atom. The maximum absolute atomic E-state index is 12.5. The fraction of sp³-hybridized carbons (Fsp3) is 0.167. The lowest BCUT2D eigenvalue weighted by atomic mass is 10.1. The summed E-state index contributed by atoms with van der Waals surface area (Å²) in [6.45, 7) is -3.02. The summed E-state index contributed by atoms with van der Waals surface area (Å²) in [5.41, 5.74) is 0.542. The second-order valence-corrected chi connectivity index (χ2v) is 5.50. The fourth-order valence-corrected chi connectivity index (χ4v) is 2.61. The van der Waals surface area contributed by atoms with Crippen LogP contribution >= 0.6 is 0 Å². The molecule has 1 aliphatic heterocycles. The highest BCUT2D eigenvalue weighted by Crippen LogP contribution is 2.27. The molecule has 2 aromatic rings. The second kappa shape index (κ2) is 7.30. The van der Waals surface area contributed by atoms with Crippen LogP contribution in [0, 0.1) is 0 Å². The Kier molecular flexibility index (Phi) is 4.92. The van der Waals surface area contributed by atoms with E-state index in [4.69, 9.17) is 0 Å². The molecule has 0 atom stereocenters. The number of imide groups is 1. The van der Waals surface area contributed by atoms with Crippen LogP contribution in [0.25, 0.3) is 0 Å². The van der Waals surface area contributed by atoms with E-state index in [2.05, 4.69) is 10.1 Å². The van der Waals surface area contributed by atoms with Gasteiger partial charge < -0.3 is 10.1 Å². The van der Waals surface area contributed by atoms with Gasteiger partial charge in [-0.25, -0.2) is 0 Å². The van der Waals surface area contributed by atoms with Crippen molar-refractivity contribution < 1.29 is 27.9 Å². The van der Waals surface area contributed by atoms with Crippen LogP contribution in [0.1, 0.15) is 23.2 Å². The van der Waals surface area contributed by atoms with E-state index in [1.807, 2.05) is 0 Å². The minimum atomic E-state index is -3.02. The highest BCUT2D eigenvalue weighted by atomic mass is 19.3. The van der Waals surface area contributed by atoms with E-state index in [1.165, 1.54) is 36.4 Å². The Hall–Kier alpha value is -3.29. The molecule has 0 unspecified atom stereocenters. The van der Waals surface area contributed by atoms with E-state index in [0.717, 1.165) is 4.90 Å². The number of nitrogens with zero attached hydrogens (tertiary/aromatic N) is 1. The summed E-state index contributed by atoms with van der Waals surface area (Å²) in [5, 5.41) is 2.49. The smallest absolute Gasteiger partial charge is 0.387 e. The molecule has 26 heavy (non-hydrogen) atoms. The van der Waals surface area contributed by atoms with Crippen molar-refractivity contribution in [3.63, 3.8) is 0 Å². The van der Waals surface area contributed by atoms with E-state index in [9.17, 15) is 23.2 Å². The molecule has 2 aromatic carbocycles. The average molecular weight is 360 g/mol. The Morgan fingerprint density at radius 3 is 2.42 bits per heavy atom.